The normalized spacial score (nSPS) is 21.8. The van der Waals surface area contributed by atoms with Gasteiger partial charge in [-0.25, -0.2) is 14.4 Å². The molecule has 5 atom stereocenters. The number of carbonyl (C=O) groups excluding carboxylic acids is 1. The minimum Gasteiger partial charge on any atom is -0.491 e. The largest absolute Gasteiger partial charge is 0.491 e. The Labute approximate surface area is 250 Å². The molecule has 1 aliphatic heterocycles. The molecule has 43 heavy (non-hydrogen) atoms. The number of rotatable bonds is 13. The smallest absolute Gasteiger partial charge is 0.255 e. The van der Waals surface area contributed by atoms with E-state index < -0.39 is 49.0 Å². The fourth-order valence-corrected chi connectivity index (χ4v) is 4.33. The lowest BCUT2D eigenvalue weighted by Crippen LogP contribution is -2.59. The number of aromatic nitrogens is 3. The molecule has 0 aliphatic carbocycles. The molecular weight excluding hydrogens is 591 g/mol. The highest BCUT2D eigenvalue weighted by Crippen LogP contribution is 2.30. The summed E-state index contributed by atoms with van der Waals surface area (Å²) in [6.07, 6.45) is -2.49. The second kappa shape index (κ2) is 15.3. The van der Waals surface area contributed by atoms with E-state index in [0.717, 1.165) is 0 Å². The van der Waals surface area contributed by atoms with Gasteiger partial charge in [-0.05, 0) is 24.3 Å². The monoisotopic (exact) mass is 622 g/mol. The van der Waals surface area contributed by atoms with Crippen LogP contribution in [-0.4, -0.2) is 112 Å². The van der Waals surface area contributed by atoms with Crippen molar-refractivity contribution in [3.8, 4) is 17.1 Å². The highest BCUT2D eigenvalue weighted by molar-refractivity contribution is 6.30. The molecule has 4 rings (SSSR count). The van der Waals surface area contributed by atoms with Gasteiger partial charge < -0.3 is 50.6 Å². The fourth-order valence-electron chi connectivity index (χ4n) is 4.16. The molecular formula is C27H32ClFN6O8. The van der Waals surface area contributed by atoms with Crippen molar-refractivity contribution in [3.05, 3.63) is 59.3 Å². The number of methoxy groups -OCH3 is 1. The molecule has 14 nitrogen and oxygen atoms in total. The average molecular weight is 623 g/mol. The minimum absolute atomic E-state index is 0.0601. The highest BCUT2D eigenvalue weighted by Gasteiger charge is 2.43. The first-order chi connectivity index (χ1) is 20.7. The highest BCUT2D eigenvalue weighted by atomic mass is 35.5. The van der Waals surface area contributed by atoms with Gasteiger partial charge in [0.25, 0.3) is 5.91 Å². The van der Waals surface area contributed by atoms with E-state index in [1.807, 2.05) is 0 Å². The molecule has 1 fully saturated rings. The molecule has 3 aromatic rings. The van der Waals surface area contributed by atoms with Gasteiger partial charge >= 0.3 is 0 Å². The van der Waals surface area contributed by atoms with Crippen LogP contribution in [0, 0.1) is 5.82 Å². The molecule has 1 aromatic carbocycles. The number of hydrogen-bond donors (Lipinski definition) is 7. The Kier molecular flexibility index (Phi) is 11.5. The molecule has 1 saturated heterocycles. The van der Waals surface area contributed by atoms with Crippen LogP contribution < -0.4 is 20.7 Å². The molecule has 0 radical (unpaired) electrons. The van der Waals surface area contributed by atoms with Crippen molar-refractivity contribution in [1.29, 1.82) is 0 Å². The van der Waals surface area contributed by atoms with Crippen LogP contribution in [-0.2, 0) is 9.47 Å². The molecule has 0 spiro atoms. The SMILES string of the molecule is COc1cnc(-c2cc(Cl)ccc2F)nc1Nc1ccncc1C(=O)NCCNCCOC1OC(CO)C(O)C(O)C1O. The van der Waals surface area contributed by atoms with Crippen LogP contribution in [0.4, 0.5) is 15.9 Å². The van der Waals surface area contributed by atoms with Gasteiger partial charge in [-0.1, -0.05) is 11.6 Å². The maximum Gasteiger partial charge on any atom is 0.255 e. The molecule has 232 valence electrons. The van der Waals surface area contributed by atoms with E-state index in [2.05, 4.69) is 30.9 Å². The summed E-state index contributed by atoms with van der Waals surface area (Å²) in [5, 5.41) is 48.1. The van der Waals surface area contributed by atoms with Gasteiger partial charge in [0.05, 0.1) is 43.3 Å². The number of nitrogens with zero attached hydrogens (tertiary/aromatic N) is 3. The molecule has 1 amide bonds. The van der Waals surface area contributed by atoms with Crippen molar-refractivity contribution in [2.45, 2.75) is 30.7 Å². The summed E-state index contributed by atoms with van der Waals surface area (Å²) in [5.74, 6) is -0.481. The molecule has 1 aliphatic rings. The van der Waals surface area contributed by atoms with Crippen LogP contribution in [0.15, 0.2) is 42.9 Å². The van der Waals surface area contributed by atoms with E-state index >= 15 is 0 Å². The van der Waals surface area contributed by atoms with Gasteiger partial charge in [0.1, 0.15) is 30.2 Å². The maximum atomic E-state index is 14.4. The second-order valence-corrected chi connectivity index (χ2v) is 9.79. The molecule has 2 aromatic heterocycles. The van der Waals surface area contributed by atoms with Crippen LogP contribution in [0.25, 0.3) is 11.4 Å². The van der Waals surface area contributed by atoms with E-state index in [-0.39, 0.29) is 41.7 Å². The van der Waals surface area contributed by atoms with Crippen LogP contribution in [0.2, 0.25) is 5.02 Å². The van der Waals surface area contributed by atoms with Gasteiger partial charge in [-0.3, -0.25) is 9.78 Å². The Balaban J connectivity index is 1.30. The Morgan fingerprint density at radius 2 is 1.93 bits per heavy atom. The summed E-state index contributed by atoms with van der Waals surface area (Å²) in [6, 6.07) is 5.61. The zero-order valence-corrected chi connectivity index (χ0v) is 23.7. The van der Waals surface area contributed by atoms with Crippen molar-refractivity contribution < 1.29 is 43.8 Å². The topological polar surface area (TPSA) is 200 Å². The molecule has 3 heterocycles. The number of halogens is 2. The summed E-state index contributed by atoms with van der Waals surface area (Å²) in [6.45, 7) is 0.444. The van der Waals surface area contributed by atoms with Crippen LogP contribution in [0.5, 0.6) is 5.75 Å². The third kappa shape index (κ3) is 8.10. The van der Waals surface area contributed by atoms with E-state index in [4.69, 9.17) is 25.8 Å². The molecule has 5 unspecified atom stereocenters. The van der Waals surface area contributed by atoms with Gasteiger partial charge in [-0.15, -0.1) is 0 Å². The standard InChI is InChI=1S/C27H32ClFN6O8/c1-41-19-12-33-24(15-10-14(28)2-3-17(15)29)35-25(19)34-18-4-5-31-11-16(18)26(40)32-7-6-30-8-9-42-27-23(39)22(38)21(37)20(13-36)43-27/h2-5,10-12,20-23,27,30,36-39H,6-9,13H2,1H3,(H,32,40)(H,31,33,34,35). The molecule has 16 heteroatoms. The third-order valence-electron chi connectivity index (χ3n) is 6.46. The van der Waals surface area contributed by atoms with Gasteiger partial charge in [0.2, 0.25) is 0 Å². The lowest BCUT2D eigenvalue weighted by molar-refractivity contribution is -0.300. The fraction of sp³-hybridized carbons (Fsp3) is 0.407. The third-order valence-corrected chi connectivity index (χ3v) is 6.70. The summed E-state index contributed by atoms with van der Waals surface area (Å²) in [7, 11) is 1.42. The molecule has 7 N–H and O–H groups in total. The number of carbonyl (C=O) groups is 1. The zero-order valence-electron chi connectivity index (χ0n) is 23.0. The van der Waals surface area contributed by atoms with E-state index in [9.17, 15) is 29.6 Å². The number of pyridine rings is 1. The van der Waals surface area contributed by atoms with Crippen molar-refractivity contribution >= 4 is 29.0 Å². The number of benzene rings is 1. The van der Waals surface area contributed by atoms with Gasteiger partial charge in [-0.2, -0.15) is 0 Å². The molecule has 0 saturated carbocycles. The van der Waals surface area contributed by atoms with E-state index in [0.29, 0.717) is 23.8 Å². The van der Waals surface area contributed by atoms with Crippen molar-refractivity contribution in [2.24, 2.45) is 0 Å². The van der Waals surface area contributed by atoms with E-state index in [1.165, 1.54) is 43.9 Å². The lowest BCUT2D eigenvalue weighted by Gasteiger charge is -2.39. The van der Waals surface area contributed by atoms with Crippen LogP contribution in [0.3, 0.4) is 0 Å². The average Bonchev–Trinajstić information content (AvgIpc) is 3.01. The first-order valence-corrected chi connectivity index (χ1v) is 13.6. The summed E-state index contributed by atoms with van der Waals surface area (Å²) in [5.41, 5.74) is 0.671. The van der Waals surface area contributed by atoms with Crippen molar-refractivity contribution in [3.63, 3.8) is 0 Å². The first kappa shape index (κ1) is 32.4. The quantitative estimate of drug-likeness (QED) is 0.128. The number of hydrogen-bond acceptors (Lipinski definition) is 13. The lowest BCUT2D eigenvalue weighted by atomic mass is 9.99. The summed E-state index contributed by atoms with van der Waals surface area (Å²) in [4.78, 5) is 25.5. The van der Waals surface area contributed by atoms with Crippen molar-refractivity contribution in [1.82, 2.24) is 25.6 Å². The number of anilines is 2. The van der Waals surface area contributed by atoms with Crippen molar-refractivity contribution in [2.75, 3.05) is 45.3 Å². The zero-order chi connectivity index (χ0) is 30.9. The summed E-state index contributed by atoms with van der Waals surface area (Å²) >= 11 is 6.02. The second-order valence-electron chi connectivity index (χ2n) is 9.35. The molecule has 0 bridgehead atoms. The predicted molar refractivity (Wildman–Crippen MR) is 151 cm³/mol. The number of nitrogens with one attached hydrogen (secondary N) is 3. The van der Waals surface area contributed by atoms with Gasteiger partial charge in [0, 0.05) is 37.1 Å². The minimum atomic E-state index is -1.52. The van der Waals surface area contributed by atoms with E-state index in [1.54, 1.807) is 6.07 Å². The Hall–Kier alpha value is -3.54. The van der Waals surface area contributed by atoms with Crippen LogP contribution >= 0.6 is 11.6 Å². The predicted octanol–water partition coefficient (Wildman–Crippen LogP) is 0.219. The number of amides is 1. The summed E-state index contributed by atoms with van der Waals surface area (Å²) < 4.78 is 30.5. The number of aliphatic hydroxyl groups excluding tert-OH is 4. The maximum absolute atomic E-state index is 14.4. The number of aliphatic hydroxyl groups is 4. The Bertz CT molecular complexity index is 1390. The first-order valence-electron chi connectivity index (χ1n) is 13.2. The number of ether oxygens (including phenoxy) is 3. The van der Waals surface area contributed by atoms with Gasteiger partial charge in [0.15, 0.2) is 23.7 Å². The van der Waals surface area contributed by atoms with Crippen LogP contribution in [0.1, 0.15) is 10.4 Å². The Morgan fingerprint density at radius 3 is 2.70 bits per heavy atom. The Morgan fingerprint density at radius 1 is 1.12 bits per heavy atom.